The van der Waals surface area contributed by atoms with Crippen molar-refractivity contribution in [2.75, 3.05) is 6.54 Å². The van der Waals surface area contributed by atoms with E-state index in [0.717, 1.165) is 24.9 Å². The maximum atomic E-state index is 14.0. The smallest absolute Gasteiger partial charge is 0.126 e. The molecule has 1 N–H and O–H groups in total. The van der Waals surface area contributed by atoms with Crippen LogP contribution in [0.25, 0.3) is 0 Å². The molecule has 1 saturated carbocycles. The largest absolute Gasteiger partial charge is 0.313 e. The Morgan fingerprint density at radius 1 is 1.30 bits per heavy atom. The SMILES string of the molecule is CCNC(Cc1cc(Cl)ccc1F)C1(CC)CCCC1. The van der Waals surface area contributed by atoms with Crippen LogP contribution in [0, 0.1) is 11.2 Å². The van der Waals surface area contributed by atoms with Gasteiger partial charge in [-0.15, -0.1) is 0 Å². The van der Waals surface area contributed by atoms with Gasteiger partial charge in [-0.2, -0.15) is 0 Å². The van der Waals surface area contributed by atoms with Gasteiger partial charge in [0.2, 0.25) is 0 Å². The first-order valence-corrected chi connectivity index (χ1v) is 8.16. The average molecular weight is 298 g/mol. The molecule has 20 heavy (non-hydrogen) atoms. The van der Waals surface area contributed by atoms with Gasteiger partial charge in [-0.3, -0.25) is 0 Å². The fraction of sp³-hybridized carbons (Fsp3) is 0.647. The molecule has 0 spiro atoms. The van der Waals surface area contributed by atoms with Crippen molar-refractivity contribution >= 4 is 11.6 Å². The number of benzene rings is 1. The normalized spacial score (nSPS) is 19.2. The molecule has 0 bridgehead atoms. The van der Waals surface area contributed by atoms with Gasteiger partial charge < -0.3 is 5.32 Å². The minimum absolute atomic E-state index is 0.137. The molecule has 0 aromatic heterocycles. The van der Waals surface area contributed by atoms with Crippen molar-refractivity contribution in [2.24, 2.45) is 5.41 Å². The summed E-state index contributed by atoms with van der Waals surface area (Å²) in [5, 5.41) is 4.22. The van der Waals surface area contributed by atoms with Crippen LogP contribution in [0.2, 0.25) is 5.02 Å². The molecule has 1 aromatic carbocycles. The van der Waals surface area contributed by atoms with Gasteiger partial charge in [0.1, 0.15) is 5.82 Å². The number of hydrogen-bond acceptors (Lipinski definition) is 1. The third-order valence-electron chi connectivity index (χ3n) is 4.92. The molecule has 1 aliphatic carbocycles. The number of hydrogen-bond donors (Lipinski definition) is 1. The Morgan fingerprint density at radius 2 is 2.00 bits per heavy atom. The van der Waals surface area contributed by atoms with E-state index in [1.807, 2.05) is 0 Å². The summed E-state index contributed by atoms with van der Waals surface area (Å²) in [4.78, 5) is 0. The van der Waals surface area contributed by atoms with E-state index >= 15 is 0 Å². The third kappa shape index (κ3) is 3.35. The molecule has 1 unspecified atom stereocenters. The van der Waals surface area contributed by atoms with Crippen LogP contribution < -0.4 is 5.32 Å². The first kappa shape index (κ1) is 15.8. The number of rotatable bonds is 6. The van der Waals surface area contributed by atoms with Crippen LogP contribution in [0.1, 0.15) is 51.5 Å². The van der Waals surface area contributed by atoms with Crippen LogP contribution in [0.4, 0.5) is 4.39 Å². The van der Waals surface area contributed by atoms with Gasteiger partial charge in [0.15, 0.2) is 0 Å². The molecule has 1 fully saturated rings. The molecule has 1 atom stereocenters. The molecule has 0 amide bonds. The van der Waals surface area contributed by atoms with Gasteiger partial charge >= 0.3 is 0 Å². The van der Waals surface area contributed by atoms with Crippen molar-refractivity contribution in [2.45, 2.75) is 58.4 Å². The molecule has 0 aliphatic heterocycles. The van der Waals surface area contributed by atoms with Gasteiger partial charge in [-0.1, -0.05) is 38.3 Å². The van der Waals surface area contributed by atoms with Gasteiger partial charge in [0.05, 0.1) is 0 Å². The van der Waals surface area contributed by atoms with E-state index in [1.165, 1.54) is 31.7 Å². The molecule has 1 aliphatic rings. The standard InChI is InChI=1S/C17H25ClFN/c1-3-17(9-5-6-10-17)16(20-4-2)12-13-11-14(18)7-8-15(13)19/h7-8,11,16,20H,3-6,9-10,12H2,1-2H3. The summed E-state index contributed by atoms with van der Waals surface area (Å²) in [6.07, 6.45) is 7.00. The zero-order valence-corrected chi connectivity index (χ0v) is 13.3. The van der Waals surface area contributed by atoms with E-state index in [-0.39, 0.29) is 5.82 Å². The molecule has 1 nitrogen and oxygen atoms in total. The fourth-order valence-corrected chi connectivity index (χ4v) is 3.89. The van der Waals surface area contributed by atoms with Crippen LogP contribution in [-0.4, -0.2) is 12.6 Å². The fourth-order valence-electron chi connectivity index (χ4n) is 3.70. The van der Waals surface area contributed by atoms with Crippen molar-refractivity contribution in [1.82, 2.24) is 5.32 Å². The molecule has 3 heteroatoms. The van der Waals surface area contributed by atoms with Crippen LogP contribution >= 0.6 is 11.6 Å². The summed E-state index contributed by atoms with van der Waals surface area (Å²) in [6, 6.07) is 5.22. The van der Waals surface area contributed by atoms with E-state index in [9.17, 15) is 4.39 Å². The molecule has 0 heterocycles. The second-order valence-corrected chi connectivity index (χ2v) is 6.41. The second-order valence-electron chi connectivity index (χ2n) is 5.97. The van der Waals surface area contributed by atoms with Crippen molar-refractivity contribution < 1.29 is 4.39 Å². The third-order valence-corrected chi connectivity index (χ3v) is 5.16. The van der Waals surface area contributed by atoms with Crippen molar-refractivity contribution in [3.8, 4) is 0 Å². The Balaban J connectivity index is 2.22. The van der Waals surface area contributed by atoms with E-state index in [1.54, 1.807) is 12.1 Å². The number of halogens is 2. The zero-order chi connectivity index (χ0) is 14.6. The monoisotopic (exact) mass is 297 g/mol. The van der Waals surface area contributed by atoms with E-state index in [4.69, 9.17) is 11.6 Å². The highest BCUT2D eigenvalue weighted by Gasteiger charge is 2.39. The summed E-state index contributed by atoms with van der Waals surface area (Å²) in [6.45, 7) is 5.32. The van der Waals surface area contributed by atoms with Crippen LogP contribution in [0.15, 0.2) is 18.2 Å². The lowest BCUT2D eigenvalue weighted by Crippen LogP contribution is -2.45. The zero-order valence-electron chi connectivity index (χ0n) is 12.5. The Morgan fingerprint density at radius 3 is 2.60 bits per heavy atom. The lowest BCUT2D eigenvalue weighted by molar-refractivity contribution is 0.185. The average Bonchev–Trinajstić information content (AvgIpc) is 2.92. The summed E-state index contributed by atoms with van der Waals surface area (Å²) in [5.41, 5.74) is 1.06. The summed E-state index contributed by atoms with van der Waals surface area (Å²) < 4.78 is 14.0. The van der Waals surface area contributed by atoms with Crippen LogP contribution in [0.5, 0.6) is 0 Å². The van der Waals surface area contributed by atoms with Gasteiger partial charge in [-0.25, -0.2) is 4.39 Å². The minimum atomic E-state index is -0.137. The van der Waals surface area contributed by atoms with Crippen LogP contribution in [-0.2, 0) is 6.42 Å². The maximum absolute atomic E-state index is 14.0. The maximum Gasteiger partial charge on any atom is 0.126 e. The molecule has 2 rings (SSSR count). The molecule has 112 valence electrons. The highest BCUT2D eigenvalue weighted by atomic mass is 35.5. The van der Waals surface area contributed by atoms with E-state index < -0.39 is 0 Å². The Hall–Kier alpha value is -0.600. The summed E-state index contributed by atoms with van der Waals surface area (Å²) in [5.74, 6) is -0.137. The van der Waals surface area contributed by atoms with Crippen molar-refractivity contribution in [3.63, 3.8) is 0 Å². The molecular weight excluding hydrogens is 273 g/mol. The van der Waals surface area contributed by atoms with Gasteiger partial charge in [0.25, 0.3) is 0 Å². The predicted molar refractivity (Wildman–Crippen MR) is 83.8 cm³/mol. The highest BCUT2D eigenvalue weighted by Crippen LogP contribution is 2.45. The highest BCUT2D eigenvalue weighted by molar-refractivity contribution is 6.30. The molecule has 0 radical (unpaired) electrons. The van der Waals surface area contributed by atoms with Gasteiger partial charge in [0, 0.05) is 11.1 Å². The first-order valence-electron chi connectivity index (χ1n) is 7.78. The van der Waals surface area contributed by atoms with Crippen molar-refractivity contribution in [3.05, 3.63) is 34.6 Å². The van der Waals surface area contributed by atoms with Crippen molar-refractivity contribution in [1.29, 1.82) is 0 Å². The quantitative estimate of drug-likeness (QED) is 0.781. The Kier molecular flexibility index (Phi) is 5.45. The van der Waals surface area contributed by atoms with Crippen LogP contribution in [0.3, 0.4) is 0 Å². The second kappa shape index (κ2) is 6.91. The van der Waals surface area contributed by atoms with Gasteiger partial charge in [-0.05, 0) is 61.4 Å². The Labute approximate surface area is 126 Å². The minimum Gasteiger partial charge on any atom is -0.313 e. The molecule has 0 saturated heterocycles. The number of likely N-dealkylation sites (N-methyl/N-ethyl adjacent to an activating group) is 1. The lowest BCUT2D eigenvalue weighted by Gasteiger charge is -2.38. The Bertz CT molecular complexity index is 441. The lowest BCUT2D eigenvalue weighted by atomic mass is 9.74. The molecular formula is C17H25ClFN. The number of nitrogens with one attached hydrogen (secondary N) is 1. The summed E-state index contributed by atoms with van der Waals surface area (Å²) in [7, 11) is 0. The van der Waals surface area contributed by atoms with E-state index in [0.29, 0.717) is 16.5 Å². The van der Waals surface area contributed by atoms with E-state index in [2.05, 4.69) is 19.2 Å². The first-order chi connectivity index (χ1) is 9.61. The predicted octanol–water partition coefficient (Wildman–Crippen LogP) is 4.97. The molecule has 1 aromatic rings. The topological polar surface area (TPSA) is 12.0 Å². The summed E-state index contributed by atoms with van der Waals surface area (Å²) >= 11 is 6.02.